The van der Waals surface area contributed by atoms with Crippen LogP contribution >= 0.6 is 33.9 Å². The normalized spacial score (nSPS) is 13.7. The molecule has 0 amide bonds. The average molecular weight is 984 g/mol. The molecule has 352 valence electrons. The molecular weight excluding hydrogens is 921 g/mol. The van der Waals surface area contributed by atoms with E-state index in [9.17, 15) is 4.89 Å². The van der Waals surface area contributed by atoms with Crippen LogP contribution in [0.15, 0.2) is 194 Å². The number of methoxy groups -OCH3 is 2. The maximum absolute atomic E-state index is 17.2. The summed E-state index contributed by atoms with van der Waals surface area (Å²) >= 11 is 0. The van der Waals surface area contributed by atoms with Gasteiger partial charge in [-0.15, -0.1) is 12.4 Å². The molecule has 6 nitrogen and oxygen atoms in total. The van der Waals surface area contributed by atoms with Crippen LogP contribution in [0.1, 0.15) is 44.5 Å². The second-order valence-electron chi connectivity index (χ2n) is 18.0. The van der Waals surface area contributed by atoms with Crippen LogP contribution in [-0.2, 0) is 25.5 Å². The number of ether oxygens (including phenoxy) is 2. The summed E-state index contributed by atoms with van der Waals surface area (Å²) in [6.45, 7) is 2.70. The average Bonchev–Trinajstić information content (AvgIpc) is 3.31. The quantitative estimate of drug-likeness (QED) is 0.0973. The minimum absolute atomic E-state index is 0. The molecule has 0 saturated heterocycles. The van der Waals surface area contributed by atoms with Gasteiger partial charge in [0, 0.05) is 0 Å². The molecule has 8 aromatic rings. The fraction of sp³-hybridized carbons (Fsp3) is 0.172. The summed E-state index contributed by atoms with van der Waals surface area (Å²) in [6.07, 6.45) is 0.417. The Kier molecular flexibility index (Phi) is 14.8. The molecule has 0 aliphatic rings. The molecule has 0 fully saturated rings. The van der Waals surface area contributed by atoms with Crippen molar-refractivity contribution in [3.63, 3.8) is 0 Å². The molecule has 1 unspecified atom stereocenters. The Balaban J connectivity index is 0.00000684. The monoisotopic (exact) mass is 982 g/mol. The Labute approximate surface area is 409 Å². The van der Waals surface area contributed by atoms with Crippen molar-refractivity contribution in [2.75, 3.05) is 14.2 Å². The van der Waals surface area contributed by atoms with E-state index in [1.165, 1.54) is 0 Å². The van der Waals surface area contributed by atoms with Gasteiger partial charge in [-0.2, -0.15) is 0 Å². The van der Waals surface area contributed by atoms with Crippen LogP contribution in [0, 0.1) is 41.5 Å². The van der Waals surface area contributed by atoms with Gasteiger partial charge < -0.3 is 0 Å². The zero-order valence-electron chi connectivity index (χ0n) is 40.1. The van der Waals surface area contributed by atoms with E-state index in [2.05, 4.69) is 145 Å². The first kappa shape index (κ1) is 50.5. The number of aryl methyl sites for hydroxylation is 6. The van der Waals surface area contributed by atoms with Crippen molar-refractivity contribution in [3.05, 3.63) is 239 Å². The van der Waals surface area contributed by atoms with Gasteiger partial charge in [-0.25, -0.2) is 0 Å². The smallest absolute Gasteiger partial charge is 0.147 e. The van der Waals surface area contributed by atoms with Gasteiger partial charge in [0.15, 0.2) is 0 Å². The van der Waals surface area contributed by atoms with E-state index >= 15 is 4.57 Å². The van der Waals surface area contributed by atoms with Crippen molar-refractivity contribution in [2.24, 2.45) is 0 Å². The van der Waals surface area contributed by atoms with Crippen LogP contribution in [0.3, 0.4) is 0 Å². The Bertz CT molecular complexity index is 2920. The molecule has 0 spiro atoms. The van der Waals surface area contributed by atoms with Crippen LogP contribution in [0.25, 0.3) is 0 Å². The van der Waals surface area contributed by atoms with Crippen LogP contribution in [-0.4, -0.2) is 19.1 Å². The van der Waals surface area contributed by atoms with Gasteiger partial charge in [-0.1, -0.05) is 0 Å². The third-order valence-corrected chi connectivity index (χ3v) is 28.5. The predicted octanol–water partition coefficient (Wildman–Crippen LogP) is 12.7. The number of hydrogen-bond acceptors (Lipinski definition) is 5. The Morgan fingerprint density at radius 2 is 0.735 bits per heavy atom. The van der Waals surface area contributed by atoms with E-state index in [4.69, 9.17) is 18.1 Å². The molecule has 1 N–H and O–H groups in total. The first-order valence-electron chi connectivity index (χ1n) is 22.6. The van der Waals surface area contributed by atoms with Crippen LogP contribution in [0.5, 0.6) is 11.5 Å². The van der Waals surface area contributed by atoms with Gasteiger partial charge in [-0.3, -0.25) is 0 Å². The van der Waals surface area contributed by atoms with Crippen molar-refractivity contribution in [2.45, 2.75) is 53.9 Å². The first-order valence-corrected chi connectivity index (χ1v) is 28.8. The molecule has 0 radical (unpaired) electrons. The van der Waals surface area contributed by atoms with Crippen LogP contribution < -0.4 is 41.3 Å². The zero-order valence-corrected chi connectivity index (χ0v) is 43.6. The summed E-state index contributed by atoms with van der Waals surface area (Å²) in [5.74, 6) is 1.33. The number of rotatable bonds is 16. The molecule has 0 bridgehead atoms. The van der Waals surface area contributed by atoms with Gasteiger partial charge in [0.05, 0.1) is 0 Å². The van der Waals surface area contributed by atoms with Crippen LogP contribution in [0.2, 0.25) is 0 Å². The summed E-state index contributed by atoms with van der Waals surface area (Å²) in [6, 6.07) is 65.2. The van der Waals surface area contributed by atoms with Gasteiger partial charge in [0.2, 0.25) is 0 Å². The Morgan fingerprint density at radius 1 is 0.412 bits per heavy atom. The molecule has 0 saturated carbocycles. The summed E-state index contributed by atoms with van der Waals surface area (Å²) in [5.41, 5.74) is 7.42. The number of halogens is 1. The van der Waals surface area contributed by atoms with Gasteiger partial charge in [0.25, 0.3) is 0 Å². The fourth-order valence-corrected chi connectivity index (χ4v) is 28.0. The van der Waals surface area contributed by atoms with Gasteiger partial charge >= 0.3 is 399 Å². The first-order chi connectivity index (χ1) is 32.1. The molecule has 10 heteroatoms. The molecule has 1 atom stereocenters. The maximum atomic E-state index is 17.2. The van der Waals surface area contributed by atoms with Crippen molar-refractivity contribution in [1.82, 2.24) is 0 Å². The minimum Gasteiger partial charge on any atom is -0.147 e. The standard InChI is InChI=1S/C58H61O6P3.ClH/c1-43-20-15-30-53(36-43)66(54-31-16-21-44(2)37-54,55-32-17-22-45(3)38-55,41-49-26-18-28-51(39-49)61-7)63-65(59,60)64-67(56-33-12-9-23-46(56)4,57-34-13-10-24-47(57)5,58-35-14-11-25-48(58)6)42-50-27-19-29-52(40-50)62-8;/h9-40H,41-42H2,1-8H3,(H,59,60);1H. The SMILES string of the molecule is COc1cccc(CP(OP(=O)(O)OP(Cc2cccc(OC)c2)(c2ccccc2C)(c2ccccc2C)c2ccccc2C)(c2cccc(C)c2)(c2cccc(C)c2)c2cccc(C)c2)c1.Cl. The minimum atomic E-state index is -5.42. The van der Waals surface area contributed by atoms with Gasteiger partial charge in [-0.05, 0) is 0 Å². The molecule has 8 aromatic carbocycles. The summed E-state index contributed by atoms with van der Waals surface area (Å²) in [4.78, 5) is 14.0. The Morgan fingerprint density at radius 3 is 1.07 bits per heavy atom. The molecule has 0 heterocycles. The molecule has 0 aliphatic heterocycles. The molecule has 68 heavy (non-hydrogen) atoms. The van der Waals surface area contributed by atoms with Crippen molar-refractivity contribution in [1.29, 1.82) is 0 Å². The summed E-state index contributed by atoms with van der Waals surface area (Å²) < 4.78 is 44.9. The number of benzene rings is 8. The van der Waals surface area contributed by atoms with E-state index in [1.54, 1.807) is 14.2 Å². The van der Waals surface area contributed by atoms with E-state index in [-0.39, 0.29) is 24.7 Å². The van der Waals surface area contributed by atoms with Gasteiger partial charge in [0.1, 0.15) is 0 Å². The Hall–Kier alpha value is -5.38. The molecule has 0 aromatic heterocycles. The zero-order chi connectivity index (χ0) is 47.5. The topological polar surface area (TPSA) is 74.2 Å². The third kappa shape index (κ3) is 8.90. The molecule has 8 rings (SSSR count). The summed E-state index contributed by atoms with van der Waals surface area (Å²) in [5, 5.41) is 4.85. The maximum Gasteiger partial charge on any atom is -0.147 e. The van der Waals surface area contributed by atoms with E-state index in [0.717, 1.165) is 76.3 Å². The third-order valence-electron chi connectivity index (χ3n) is 13.3. The number of hydrogen-bond donors (Lipinski definition) is 1. The van der Waals surface area contributed by atoms with Crippen LogP contribution in [0.4, 0.5) is 0 Å². The fourth-order valence-electron chi connectivity index (χ4n) is 10.5. The molecule has 0 aliphatic carbocycles. The second kappa shape index (κ2) is 19.9. The van der Waals surface area contributed by atoms with Crippen molar-refractivity contribution in [3.8, 4) is 11.5 Å². The number of phosphoric acid groups is 1. The predicted molar refractivity (Wildman–Crippen MR) is 291 cm³/mol. The molecular formula is C58H62ClO6P3. The van der Waals surface area contributed by atoms with E-state index in [0.29, 0.717) is 11.5 Å². The van der Waals surface area contributed by atoms with Crippen molar-refractivity contribution < 1.29 is 27.6 Å². The van der Waals surface area contributed by atoms with E-state index in [1.807, 2.05) is 91.0 Å². The van der Waals surface area contributed by atoms with Crippen molar-refractivity contribution >= 4 is 65.7 Å². The van der Waals surface area contributed by atoms with E-state index < -0.39 is 21.5 Å². The largest absolute Gasteiger partial charge is 0.147 e. The second-order valence-corrected chi connectivity index (χ2v) is 28.7. The summed E-state index contributed by atoms with van der Waals surface area (Å²) in [7, 11) is -2.11.